The normalized spacial score (nSPS) is 20.3. The van der Waals surface area contributed by atoms with Crippen molar-refractivity contribution in [1.29, 1.82) is 0 Å². The van der Waals surface area contributed by atoms with Crippen LogP contribution in [0.15, 0.2) is 48.5 Å². The lowest BCUT2D eigenvalue weighted by molar-refractivity contribution is -0.122. The Morgan fingerprint density at radius 1 is 0.795 bits per heavy atom. The van der Waals surface area contributed by atoms with Crippen molar-refractivity contribution in [2.24, 2.45) is 17.8 Å². The van der Waals surface area contributed by atoms with E-state index in [1.807, 2.05) is 0 Å². The molecule has 1 N–H and O–H groups in total. The van der Waals surface area contributed by atoms with Crippen LogP contribution in [0, 0.1) is 35.2 Å². The molecule has 39 heavy (non-hydrogen) atoms. The van der Waals surface area contributed by atoms with Gasteiger partial charge in [-0.25, -0.2) is 13.2 Å². The van der Waals surface area contributed by atoms with Gasteiger partial charge in [0.2, 0.25) is 0 Å². The van der Waals surface area contributed by atoms with Gasteiger partial charge in [0, 0.05) is 19.2 Å². The molecule has 2 saturated heterocycles. The summed E-state index contributed by atoms with van der Waals surface area (Å²) < 4.78 is 38.7. The Kier molecular flexibility index (Phi) is 13.9. The molecule has 0 spiro atoms. The third kappa shape index (κ3) is 11.7. The molecule has 2 heterocycles. The number of benzene rings is 2. The van der Waals surface area contributed by atoms with Crippen molar-refractivity contribution in [2.75, 3.05) is 39.3 Å². The lowest BCUT2D eigenvalue weighted by Crippen LogP contribution is -2.38. The van der Waals surface area contributed by atoms with Crippen LogP contribution >= 0.6 is 0 Å². The average Bonchev–Trinajstić information content (AvgIpc) is 3.34. The number of rotatable bonds is 9. The molecule has 2 aromatic rings. The van der Waals surface area contributed by atoms with E-state index in [1.54, 1.807) is 24.3 Å². The van der Waals surface area contributed by atoms with Gasteiger partial charge in [0.1, 0.15) is 17.5 Å². The number of halogens is 3. The largest absolute Gasteiger partial charge is 0.483 e. The maximum Gasteiger partial charge on any atom is 0.290 e. The van der Waals surface area contributed by atoms with E-state index in [4.69, 9.17) is 9.90 Å². The second-order valence-electron chi connectivity index (χ2n) is 11.3. The van der Waals surface area contributed by atoms with Crippen molar-refractivity contribution in [2.45, 2.75) is 64.2 Å². The molecule has 5 rings (SSSR count). The summed E-state index contributed by atoms with van der Waals surface area (Å²) in [5.74, 6) is 1.63. The van der Waals surface area contributed by atoms with Crippen LogP contribution in [0.25, 0.3) is 0 Å². The average molecular weight is 547 g/mol. The van der Waals surface area contributed by atoms with Gasteiger partial charge in [0.25, 0.3) is 6.47 Å². The number of aryl methyl sites for hydroxylation is 1. The van der Waals surface area contributed by atoms with Crippen molar-refractivity contribution >= 4 is 6.47 Å². The summed E-state index contributed by atoms with van der Waals surface area (Å²) in [6, 6.07) is 11.9. The molecule has 7 heteroatoms. The van der Waals surface area contributed by atoms with Crippen LogP contribution < -0.4 is 0 Å². The van der Waals surface area contributed by atoms with Gasteiger partial charge >= 0.3 is 0 Å². The molecule has 1 atom stereocenters. The van der Waals surface area contributed by atoms with Gasteiger partial charge in [-0.3, -0.25) is 4.79 Å². The summed E-state index contributed by atoms with van der Waals surface area (Å²) in [5, 5.41) is 6.89. The van der Waals surface area contributed by atoms with E-state index in [9.17, 15) is 13.2 Å². The Balaban J connectivity index is 0.000000356. The highest BCUT2D eigenvalue weighted by Crippen LogP contribution is 2.30. The molecule has 0 radical (unpaired) electrons. The number of carbonyl (C=O) groups is 1. The number of piperidine rings is 1. The predicted molar refractivity (Wildman–Crippen MR) is 150 cm³/mol. The molecule has 2 aliphatic heterocycles. The molecule has 0 amide bonds. The lowest BCUT2D eigenvalue weighted by Gasteiger charge is -2.33. The maximum atomic E-state index is 13.7. The maximum absolute atomic E-state index is 13.7. The summed E-state index contributed by atoms with van der Waals surface area (Å²) in [6.45, 7) is 7.46. The molecule has 0 aromatic heterocycles. The van der Waals surface area contributed by atoms with Gasteiger partial charge in [0.05, 0.1) is 0 Å². The molecule has 3 fully saturated rings. The predicted octanol–water partition coefficient (Wildman–Crippen LogP) is 7.04. The Bertz CT molecular complexity index is 950. The van der Waals surface area contributed by atoms with E-state index in [-0.39, 0.29) is 12.3 Å². The summed E-state index contributed by atoms with van der Waals surface area (Å²) in [5.41, 5.74) is 0.659. The Hall–Kier alpha value is -2.38. The van der Waals surface area contributed by atoms with Gasteiger partial charge in [-0.2, -0.15) is 0 Å². The second-order valence-corrected chi connectivity index (χ2v) is 11.3. The fraction of sp³-hybridized carbons (Fsp3) is 0.594. The molecule has 4 nitrogen and oxygen atoms in total. The van der Waals surface area contributed by atoms with Crippen LogP contribution in [0.2, 0.25) is 0 Å². The molecule has 1 saturated carbocycles. The van der Waals surface area contributed by atoms with Gasteiger partial charge < -0.3 is 14.9 Å². The zero-order valence-electron chi connectivity index (χ0n) is 23.1. The summed E-state index contributed by atoms with van der Waals surface area (Å²) in [7, 11) is 0. The zero-order chi connectivity index (χ0) is 27.9. The Morgan fingerprint density at radius 2 is 1.44 bits per heavy atom. The van der Waals surface area contributed by atoms with E-state index in [0.717, 1.165) is 36.7 Å². The first kappa shape index (κ1) is 31.2. The monoisotopic (exact) mass is 546 g/mol. The van der Waals surface area contributed by atoms with E-state index in [2.05, 4.69) is 9.80 Å². The lowest BCUT2D eigenvalue weighted by atomic mass is 9.83. The standard InChI is InChI=1S/C25H38F2N2.C6H5F.CH2O2/c26-24-8-7-23(25(27)17-24)6-2-5-21-10-14-28(15-11-21)18-22-12-16-29(19-22)13-9-20-3-1-4-20;7-6-4-2-1-3-5-6;2-1-3/h7-8,17,20-22H,1-6,9-16,18-19H2;1-5H;1H,(H,2,3)/t22-;;/m0../s1. The molecule has 0 bridgehead atoms. The van der Waals surface area contributed by atoms with Gasteiger partial charge in [-0.05, 0) is 106 Å². The number of likely N-dealkylation sites (tertiary alicyclic amines) is 2. The van der Waals surface area contributed by atoms with E-state index in [1.165, 1.54) is 109 Å². The topological polar surface area (TPSA) is 43.8 Å². The summed E-state index contributed by atoms with van der Waals surface area (Å²) in [4.78, 5) is 13.8. The van der Waals surface area contributed by atoms with Crippen LogP contribution in [0.5, 0.6) is 0 Å². The third-order valence-electron chi connectivity index (χ3n) is 8.48. The highest BCUT2D eigenvalue weighted by Gasteiger charge is 2.27. The highest BCUT2D eigenvalue weighted by molar-refractivity contribution is 5.32. The molecule has 3 aliphatic rings. The first-order valence-corrected chi connectivity index (χ1v) is 14.6. The smallest absolute Gasteiger partial charge is 0.290 e. The van der Waals surface area contributed by atoms with Crippen molar-refractivity contribution in [3.05, 3.63) is 71.5 Å². The van der Waals surface area contributed by atoms with Crippen molar-refractivity contribution in [3.63, 3.8) is 0 Å². The molecule has 1 aliphatic carbocycles. The van der Waals surface area contributed by atoms with Gasteiger partial charge in [-0.1, -0.05) is 49.9 Å². The molecule has 0 unspecified atom stereocenters. The fourth-order valence-electron chi connectivity index (χ4n) is 5.95. The fourth-order valence-corrected chi connectivity index (χ4v) is 5.95. The third-order valence-corrected chi connectivity index (χ3v) is 8.48. The minimum Gasteiger partial charge on any atom is -0.483 e. The van der Waals surface area contributed by atoms with E-state index < -0.39 is 11.6 Å². The van der Waals surface area contributed by atoms with Gasteiger partial charge in [-0.15, -0.1) is 0 Å². The van der Waals surface area contributed by atoms with Crippen LogP contribution in [0.3, 0.4) is 0 Å². The van der Waals surface area contributed by atoms with Gasteiger partial charge in [0.15, 0.2) is 0 Å². The number of carboxylic acid groups (broad SMARTS) is 1. The minimum absolute atomic E-state index is 0.178. The number of hydrogen-bond acceptors (Lipinski definition) is 3. The van der Waals surface area contributed by atoms with E-state index in [0.29, 0.717) is 5.56 Å². The Morgan fingerprint density at radius 3 is 2.03 bits per heavy atom. The van der Waals surface area contributed by atoms with Crippen molar-refractivity contribution in [3.8, 4) is 0 Å². The zero-order valence-corrected chi connectivity index (χ0v) is 23.1. The van der Waals surface area contributed by atoms with Crippen LogP contribution in [-0.4, -0.2) is 60.6 Å². The number of hydrogen-bond donors (Lipinski definition) is 1. The van der Waals surface area contributed by atoms with Crippen LogP contribution in [0.1, 0.15) is 63.4 Å². The quantitative estimate of drug-likeness (QED) is 0.343. The molecule has 2 aromatic carbocycles. The minimum atomic E-state index is -0.484. The number of nitrogens with zero attached hydrogens (tertiary/aromatic N) is 2. The highest BCUT2D eigenvalue weighted by atomic mass is 19.1. The van der Waals surface area contributed by atoms with Crippen LogP contribution in [-0.2, 0) is 11.2 Å². The first-order chi connectivity index (χ1) is 19.0. The SMILES string of the molecule is Fc1ccc(CCCC2CCN(C[C@@H]3CCN(CCC4CCC4)C3)CC2)c(F)c1.Fc1ccccc1.O=CO. The summed E-state index contributed by atoms with van der Waals surface area (Å²) in [6.07, 6.45) is 12.7. The van der Waals surface area contributed by atoms with Crippen molar-refractivity contribution in [1.82, 2.24) is 9.80 Å². The van der Waals surface area contributed by atoms with Crippen molar-refractivity contribution < 1.29 is 23.1 Å². The summed E-state index contributed by atoms with van der Waals surface area (Å²) >= 11 is 0. The molecule has 216 valence electrons. The second kappa shape index (κ2) is 17.3. The molecular formula is C32H45F3N2O2. The van der Waals surface area contributed by atoms with Crippen LogP contribution in [0.4, 0.5) is 13.2 Å². The first-order valence-electron chi connectivity index (χ1n) is 14.6. The Labute approximate surface area is 232 Å². The van der Waals surface area contributed by atoms with E-state index >= 15 is 0 Å². The molecular weight excluding hydrogens is 501 g/mol.